The van der Waals surface area contributed by atoms with Crippen molar-refractivity contribution in [3.8, 4) is 33.8 Å². The van der Waals surface area contributed by atoms with E-state index in [0.717, 1.165) is 58.9 Å². The number of benzene rings is 1. The van der Waals surface area contributed by atoms with E-state index >= 15 is 0 Å². The van der Waals surface area contributed by atoms with Crippen LogP contribution in [0.2, 0.25) is 0 Å². The summed E-state index contributed by atoms with van der Waals surface area (Å²) in [6.07, 6.45) is 9.87. The number of hydrogen-bond donors (Lipinski definition) is 4. The third-order valence-electron chi connectivity index (χ3n) is 8.09. The van der Waals surface area contributed by atoms with Crippen LogP contribution in [0.25, 0.3) is 55.7 Å². The topological polar surface area (TPSA) is 128 Å². The van der Waals surface area contributed by atoms with E-state index < -0.39 is 0 Å². The smallest absolute Gasteiger partial charge is 0.227 e. The number of likely N-dealkylation sites (N-methyl/N-ethyl adjacent to an activating group) is 1. The Bertz CT molecular complexity index is 1990. The lowest BCUT2D eigenvalue weighted by Crippen LogP contribution is -2.28. The zero-order chi connectivity index (χ0) is 30.2. The summed E-state index contributed by atoms with van der Waals surface area (Å²) in [6, 6.07) is 12.7. The molecule has 6 aromatic rings. The highest BCUT2D eigenvalue weighted by molar-refractivity contribution is 6.00. The van der Waals surface area contributed by atoms with Crippen molar-refractivity contribution in [1.82, 2.24) is 35.0 Å². The largest absolute Gasteiger partial charge is 0.384 e. The second-order valence-electron chi connectivity index (χ2n) is 11.5. The first kappa shape index (κ1) is 27.7. The third-order valence-corrected chi connectivity index (χ3v) is 8.09. The summed E-state index contributed by atoms with van der Waals surface area (Å²) in [4.78, 5) is 31.6. The summed E-state index contributed by atoms with van der Waals surface area (Å²) in [5, 5.41) is 15.6. The normalized spacial score (nSPS) is 13.5. The zero-order valence-electron chi connectivity index (χ0n) is 24.5. The number of halogens is 1. The van der Waals surface area contributed by atoms with Crippen molar-refractivity contribution in [1.29, 1.82) is 0 Å². The van der Waals surface area contributed by atoms with Gasteiger partial charge in [-0.25, -0.2) is 9.37 Å². The SMILES string of the molecule is CN(C)CCNc1cc(F)cc(-c2nccc3[nH]c(-c4n[nH]c5ncc(-c6cncc(NC(=O)C7CCC7)c6)cc45)cc23)c1. The highest BCUT2D eigenvalue weighted by Gasteiger charge is 2.25. The van der Waals surface area contributed by atoms with Crippen LogP contribution in [0.1, 0.15) is 19.3 Å². The van der Waals surface area contributed by atoms with Crippen molar-refractivity contribution >= 4 is 39.2 Å². The van der Waals surface area contributed by atoms with Crippen LogP contribution in [-0.4, -0.2) is 68.1 Å². The molecule has 5 heterocycles. The van der Waals surface area contributed by atoms with Gasteiger partial charge in [0.1, 0.15) is 11.5 Å². The molecule has 0 bridgehead atoms. The molecule has 0 aliphatic heterocycles. The van der Waals surface area contributed by atoms with Gasteiger partial charge in [-0.2, -0.15) is 5.10 Å². The van der Waals surface area contributed by atoms with Crippen molar-refractivity contribution in [2.75, 3.05) is 37.8 Å². The molecular weight excluding hydrogens is 557 g/mol. The van der Waals surface area contributed by atoms with E-state index in [0.29, 0.717) is 40.5 Å². The van der Waals surface area contributed by atoms with Crippen molar-refractivity contribution in [2.45, 2.75) is 19.3 Å². The number of rotatable bonds is 9. The van der Waals surface area contributed by atoms with E-state index in [2.05, 4.69) is 45.7 Å². The maximum absolute atomic E-state index is 14.7. The van der Waals surface area contributed by atoms with Crippen molar-refractivity contribution < 1.29 is 9.18 Å². The van der Waals surface area contributed by atoms with Gasteiger partial charge in [0.25, 0.3) is 0 Å². The third kappa shape index (κ3) is 5.49. The quantitative estimate of drug-likeness (QED) is 0.161. The number of aromatic nitrogens is 6. The van der Waals surface area contributed by atoms with Gasteiger partial charge in [-0.1, -0.05) is 6.42 Å². The van der Waals surface area contributed by atoms with Crippen LogP contribution in [0.3, 0.4) is 0 Å². The van der Waals surface area contributed by atoms with Crippen LogP contribution in [-0.2, 0) is 4.79 Å². The summed E-state index contributed by atoms with van der Waals surface area (Å²) >= 11 is 0. The number of nitrogens with one attached hydrogen (secondary N) is 4. The molecule has 1 fully saturated rings. The Kier molecular flexibility index (Phi) is 7.23. The Morgan fingerprint density at radius 1 is 0.955 bits per heavy atom. The van der Waals surface area contributed by atoms with E-state index in [9.17, 15) is 9.18 Å². The second kappa shape index (κ2) is 11.5. The van der Waals surface area contributed by atoms with Gasteiger partial charge in [-0.3, -0.25) is 19.9 Å². The van der Waals surface area contributed by atoms with Crippen LogP contribution in [0, 0.1) is 11.7 Å². The molecule has 7 rings (SSSR count). The van der Waals surface area contributed by atoms with E-state index in [1.54, 1.807) is 24.8 Å². The molecule has 10 nitrogen and oxygen atoms in total. The Labute approximate surface area is 253 Å². The molecule has 0 saturated heterocycles. The maximum atomic E-state index is 14.7. The van der Waals surface area contributed by atoms with Gasteiger partial charge < -0.3 is 20.5 Å². The summed E-state index contributed by atoms with van der Waals surface area (Å²) in [5.41, 5.74) is 7.38. The Morgan fingerprint density at radius 2 is 1.80 bits per heavy atom. The maximum Gasteiger partial charge on any atom is 0.227 e. The predicted octanol–water partition coefficient (Wildman–Crippen LogP) is 6.08. The van der Waals surface area contributed by atoms with E-state index in [1.165, 1.54) is 12.1 Å². The lowest BCUT2D eigenvalue weighted by molar-refractivity contribution is -0.122. The van der Waals surface area contributed by atoms with Gasteiger partial charge >= 0.3 is 0 Å². The molecule has 0 spiro atoms. The number of H-pyrrole nitrogens is 2. The van der Waals surface area contributed by atoms with Crippen molar-refractivity contribution in [3.63, 3.8) is 0 Å². The van der Waals surface area contributed by atoms with Crippen LogP contribution >= 0.6 is 0 Å². The number of fused-ring (bicyclic) bond motifs is 2. The first-order valence-corrected chi connectivity index (χ1v) is 14.7. The molecule has 0 unspecified atom stereocenters. The number of amides is 1. The minimum absolute atomic E-state index is 0.0450. The van der Waals surface area contributed by atoms with E-state index in [-0.39, 0.29) is 17.6 Å². The first-order valence-electron chi connectivity index (χ1n) is 14.7. The Balaban J connectivity index is 1.21. The van der Waals surface area contributed by atoms with Crippen molar-refractivity contribution in [2.24, 2.45) is 5.92 Å². The Morgan fingerprint density at radius 3 is 2.61 bits per heavy atom. The fourth-order valence-corrected chi connectivity index (χ4v) is 5.51. The molecule has 222 valence electrons. The van der Waals surface area contributed by atoms with Gasteiger partial charge in [0, 0.05) is 76.3 Å². The molecule has 5 aromatic heterocycles. The summed E-state index contributed by atoms with van der Waals surface area (Å²) < 4.78 is 14.7. The lowest BCUT2D eigenvalue weighted by Gasteiger charge is -2.24. The molecule has 1 aromatic carbocycles. The average molecular weight is 590 g/mol. The number of anilines is 2. The zero-order valence-corrected chi connectivity index (χ0v) is 24.5. The number of aromatic amines is 2. The molecule has 4 N–H and O–H groups in total. The van der Waals surface area contributed by atoms with E-state index in [1.807, 2.05) is 44.4 Å². The number of pyridine rings is 3. The van der Waals surface area contributed by atoms with Gasteiger partial charge in [0.15, 0.2) is 5.65 Å². The number of carbonyl (C=O) groups excluding carboxylic acids is 1. The highest BCUT2D eigenvalue weighted by Crippen LogP contribution is 2.35. The minimum Gasteiger partial charge on any atom is -0.384 e. The molecule has 1 amide bonds. The van der Waals surface area contributed by atoms with Crippen LogP contribution in [0.15, 0.2) is 67.3 Å². The summed E-state index contributed by atoms with van der Waals surface area (Å²) in [7, 11) is 4.00. The monoisotopic (exact) mass is 589 g/mol. The second-order valence-corrected chi connectivity index (χ2v) is 11.5. The molecule has 1 aliphatic carbocycles. The Hall–Kier alpha value is -5.16. The van der Waals surface area contributed by atoms with Crippen LogP contribution in [0.4, 0.5) is 15.8 Å². The molecule has 11 heteroatoms. The minimum atomic E-state index is -0.331. The van der Waals surface area contributed by atoms with Crippen LogP contribution < -0.4 is 10.6 Å². The fraction of sp³-hybridized carbons (Fsp3) is 0.242. The molecule has 0 atom stereocenters. The summed E-state index contributed by atoms with van der Waals surface area (Å²) in [6.45, 7) is 1.52. The number of carbonyl (C=O) groups is 1. The highest BCUT2D eigenvalue weighted by atomic mass is 19.1. The van der Waals surface area contributed by atoms with Gasteiger partial charge in [-0.05, 0) is 69.4 Å². The summed E-state index contributed by atoms with van der Waals surface area (Å²) in [5.74, 6) is -0.198. The van der Waals surface area contributed by atoms with Crippen molar-refractivity contribution in [3.05, 3.63) is 73.1 Å². The molecular formula is C33H32FN9O. The fourth-order valence-electron chi connectivity index (χ4n) is 5.51. The molecule has 44 heavy (non-hydrogen) atoms. The number of hydrogen-bond acceptors (Lipinski definition) is 7. The predicted molar refractivity (Wildman–Crippen MR) is 171 cm³/mol. The molecule has 1 saturated carbocycles. The van der Waals surface area contributed by atoms with E-state index in [4.69, 9.17) is 0 Å². The van der Waals surface area contributed by atoms with Gasteiger partial charge in [0.2, 0.25) is 5.91 Å². The number of nitrogens with zero attached hydrogens (tertiary/aromatic N) is 5. The average Bonchev–Trinajstić information content (AvgIpc) is 3.59. The first-order chi connectivity index (χ1) is 21.4. The van der Waals surface area contributed by atoms with Gasteiger partial charge in [0.05, 0.1) is 23.3 Å². The molecule has 0 radical (unpaired) electrons. The van der Waals surface area contributed by atoms with Crippen LogP contribution in [0.5, 0.6) is 0 Å². The molecule has 1 aliphatic rings. The lowest BCUT2D eigenvalue weighted by atomic mass is 9.85. The standard InChI is InChI=1S/C33H32FN9O/c1-43(2)9-8-36-24-11-20(10-23(34)14-24)30-26-15-29(40-28(26)6-7-37-30)31-27-13-22(17-38-32(27)42-41-31)21-12-25(18-35-16-21)39-33(44)19-4-3-5-19/h6-7,10-19,36,40H,3-5,8-9H2,1-2H3,(H,39,44)(H,38,41,42). The van der Waals surface area contributed by atoms with Gasteiger partial charge in [-0.15, -0.1) is 0 Å².